The van der Waals surface area contributed by atoms with Crippen molar-refractivity contribution >= 4 is 16.1 Å². The van der Waals surface area contributed by atoms with Crippen LogP contribution in [0.25, 0.3) is 0 Å². The van der Waals surface area contributed by atoms with Crippen LogP contribution in [0.1, 0.15) is 252 Å². The van der Waals surface area contributed by atoms with Crippen molar-refractivity contribution < 1.29 is 0 Å². The minimum Gasteiger partial charge on any atom is -0.0776 e. The van der Waals surface area contributed by atoms with Gasteiger partial charge in [-0.3, -0.25) is 0 Å². The molecule has 0 rings (SSSR count). The fourth-order valence-electron chi connectivity index (χ4n) is 6.29. The van der Waals surface area contributed by atoms with Gasteiger partial charge in [-0.2, -0.15) is 0 Å². The zero-order valence-corrected chi connectivity index (χ0v) is 45.7. The highest BCUT2D eigenvalue weighted by Gasteiger charge is 2.22. The van der Waals surface area contributed by atoms with Gasteiger partial charge in [0.25, 0.3) is 0 Å². The van der Waals surface area contributed by atoms with Gasteiger partial charge in [-0.15, -0.1) is 0 Å². The predicted molar refractivity (Wildman–Crippen MR) is 274 cm³/mol. The molecule has 0 aliphatic heterocycles. The molecule has 0 atom stereocenters. The van der Waals surface area contributed by atoms with Gasteiger partial charge in [0.05, 0.1) is 0 Å². The van der Waals surface area contributed by atoms with E-state index in [4.69, 9.17) is 0 Å². The van der Waals surface area contributed by atoms with E-state index in [1.54, 1.807) is 0 Å². The van der Waals surface area contributed by atoms with Crippen LogP contribution in [-0.2, 0) is 0 Å². The van der Waals surface area contributed by atoms with E-state index in [-0.39, 0.29) is 14.9 Å². The van der Waals surface area contributed by atoms with Crippen LogP contribution in [0, 0.1) is 37.9 Å². The summed E-state index contributed by atoms with van der Waals surface area (Å²) in [6.45, 7) is 69.7. The Balaban J connectivity index is -0.0000000780. The average molecular weight is 806 g/mol. The summed E-state index contributed by atoms with van der Waals surface area (Å²) in [5.41, 5.74) is 3.71. The molecule has 0 unspecified atom stereocenters. The maximum Gasteiger partial charge on any atom is 0.0447 e. The van der Waals surface area contributed by atoms with Crippen molar-refractivity contribution in [3.63, 3.8) is 0 Å². The second-order valence-corrected chi connectivity index (χ2v) is 38.3. The third kappa shape index (κ3) is 117. The van der Waals surface area contributed by atoms with Crippen molar-refractivity contribution in [1.82, 2.24) is 0 Å². The number of unbranched alkanes of at least 4 members (excludes halogenated alkanes) is 3. The van der Waals surface area contributed by atoms with Crippen molar-refractivity contribution in [1.29, 1.82) is 0 Å². The lowest BCUT2D eigenvalue weighted by Crippen LogP contribution is -2.26. The summed E-state index contributed by atoms with van der Waals surface area (Å²) >= 11 is 0. The van der Waals surface area contributed by atoms with Crippen LogP contribution in [0.4, 0.5) is 0 Å². The smallest absolute Gasteiger partial charge is 0.0447 e. The maximum atomic E-state index is 2.44. The molecule has 0 aliphatic carbocycles. The minimum atomic E-state index is -0.793. The number of rotatable bonds is 9. The summed E-state index contributed by atoms with van der Waals surface area (Å²) in [6.07, 6.45) is 14.9. The summed E-state index contributed by atoms with van der Waals surface area (Å²) in [5.74, 6) is 0. The highest BCUT2D eigenvalue weighted by atomic mass is 28.3. The Bertz CT molecular complexity index is 676. The van der Waals surface area contributed by atoms with E-state index in [2.05, 4.69) is 205 Å². The molecule has 0 aromatic heterocycles. The van der Waals surface area contributed by atoms with E-state index in [1.165, 1.54) is 82.7 Å². The molecule has 0 bridgehead atoms. The Morgan fingerprint density at radius 3 is 0.685 bits per heavy atom. The third-order valence-electron chi connectivity index (χ3n) is 7.56. The van der Waals surface area contributed by atoms with Crippen LogP contribution in [0.15, 0.2) is 0 Å². The van der Waals surface area contributed by atoms with Gasteiger partial charge in [-0.1, -0.05) is 277 Å². The monoisotopic (exact) mass is 805 g/mol. The number of hydrogen-bond donors (Lipinski definition) is 0. The van der Waals surface area contributed by atoms with Crippen molar-refractivity contribution in [2.75, 3.05) is 0 Å². The van der Waals surface area contributed by atoms with E-state index >= 15 is 0 Å². The molecule has 0 saturated heterocycles. The largest absolute Gasteiger partial charge is 0.0776 e. The molecule has 0 saturated carbocycles. The first kappa shape index (κ1) is 72.1. The zero-order chi connectivity index (χ0) is 43.7. The molecule has 0 N–H and O–H groups in total. The fraction of sp³-hybridized carbons (Fsp3) is 1.00. The first-order valence-corrected chi connectivity index (χ1v) is 29.7. The molecule has 340 valence electrons. The Morgan fingerprint density at radius 2 is 0.593 bits per heavy atom. The molecule has 0 aliphatic rings. The Morgan fingerprint density at radius 1 is 0.296 bits per heavy atom. The standard InChI is InChI=1S/C9H22Si.2C9H20.C8H20Si.C8H18.C7H16.2CH4/c1-9(2,3)7-8-10(4,5)6;1-8(2,3)7-9(4,5)6;1-5-6-7-8-9(2,3)4;1-8(2,3)7-9(4,5)6;1-5-6-7-8(2,3)4;1-5-6-7(2,3)4;;/h7-8H2,1-6H3;7H2,1-6H3;5-8H2,1-4H3;7H2,1-6H3;5-7H2,1-4H3;5-6H2,1-4H3;2*1H4. The van der Waals surface area contributed by atoms with Crippen LogP contribution in [0.2, 0.25) is 51.4 Å². The first-order chi connectivity index (χ1) is 22.3. The van der Waals surface area contributed by atoms with E-state index in [1.807, 2.05) is 0 Å². The normalized spacial score (nSPS) is 12.6. The molecule has 0 spiro atoms. The van der Waals surface area contributed by atoms with Gasteiger partial charge >= 0.3 is 0 Å². The van der Waals surface area contributed by atoms with Crippen molar-refractivity contribution in [2.45, 2.75) is 303 Å². The van der Waals surface area contributed by atoms with E-state index < -0.39 is 16.1 Å². The first-order valence-electron chi connectivity index (χ1n) is 22.3. The van der Waals surface area contributed by atoms with E-state index in [0.717, 1.165) is 0 Å². The van der Waals surface area contributed by atoms with E-state index in [9.17, 15) is 0 Å². The second kappa shape index (κ2) is 32.3. The quantitative estimate of drug-likeness (QED) is 0.161. The van der Waals surface area contributed by atoms with Gasteiger partial charge in [-0.25, -0.2) is 0 Å². The Kier molecular flexibility index (Phi) is 43.1. The summed E-state index contributed by atoms with van der Waals surface area (Å²) in [5, 5.41) is 0. The molecular formula is C52H124Si2. The van der Waals surface area contributed by atoms with E-state index in [0.29, 0.717) is 37.9 Å². The lowest BCUT2D eigenvalue weighted by atomic mass is 9.78. The molecule has 0 radical (unpaired) electrons. The van der Waals surface area contributed by atoms with Gasteiger partial charge in [0, 0.05) is 16.1 Å². The predicted octanol–water partition coefficient (Wildman–Crippen LogP) is 21.5. The molecule has 0 fully saturated rings. The average Bonchev–Trinajstić information content (AvgIpc) is 2.76. The van der Waals surface area contributed by atoms with Gasteiger partial charge in [0.1, 0.15) is 0 Å². The van der Waals surface area contributed by atoms with Crippen LogP contribution < -0.4 is 0 Å². The van der Waals surface area contributed by atoms with Crippen molar-refractivity contribution in [3.8, 4) is 0 Å². The zero-order valence-electron chi connectivity index (χ0n) is 43.7. The van der Waals surface area contributed by atoms with Crippen LogP contribution in [0.3, 0.4) is 0 Å². The Hall–Kier alpha value is 0.434. The summed E-state index contributed by atoms with van der Waals surface area (Å²) in [4.78, 5) is 0. The molecule has 2 heteroatoms. The number of hydrogen-bond acceptors (Lipinski definition) is 0. The Labute approximate surface area is 355 Å². The summed E-state index contributed by atoms with van der Waals surface area (Å²) in [7, 11) is -1.56. The van der Waals surface area contributed by atoms with Crippen LogP contribution in [-0.4, -0.2) is 16.1 Å². The highest BCUT2D eigenvalue weighted by molar-refractivity contribution is 6.76. The van der Waals surface area contributed by atoms with Crippen LogP contribution in [0.5, 0.6) is 0 Å². The summed E-state index contributed by atoms with van der Waals surface area (Å²) in [6, 6.07) is 2.90. The van der Waals surface area contributed by atoms with Gasteiger partial charge < -0.3 is 0 Å². The fourth-order valence-corrected chi connectivity index (χ4v) is 11.0. The molecule has 0 aromatic carbocycles. The molecule has 0 nitrogen and oxygen atoms in total. The maximum absolute atomic E-state index is 2.44. The topological polar surface area (TPSA) is 0 Å². The molecular weight excluding hydrogens is 681 g/mol. The molecule has 0 aromatic rings. The van der Waals surface area contributed by atoms with Gasteiger partial charge in [0.15, 0.2) is 0 Å². The van der Waals surface area contributed by atoms with Gasteiger partial charge in [-0.05, 0) is 63.6 Å². The lowest BCUT2D eigenvalue weighted by molar-refractivity contribution is 0.233. The van der Waals surface area contributed by atoms with Crippen molar-refractivity contribution in [2.24, 2.45) is 37.9 Å². The third-order valence-corrected chi connectivity index (χ3v) is 11.4. The molecule has 0 amide bonds. The molecule has 0 heterocycles. The van der Waals surface area contributed by atoms with Gasteiger partial charge in [0.2, 0.25) is 0 Å². The highest BCUT2D eigenvalue weighted by Crippen LogP contribution is 2.32. The lowest BCUT2D eigenvalue weighted by Gasteiger charge is -2.28. The SMILES string of the molecule is C.C.CC(C)(C)CC(C)(C)C.CC(C)(C)CC[Si](C)(C)C.CC(C)(C)C[Si](C)(C)C.CCCC(C)(C)C.CCCCC(C)(C)C.CCCCCC(C)(C)C. The minimum absolute atomic E-state index is 0. The molecule has 54 heavy (non-hydrogen) atoms. The second-order valence-electron chi connectivity index (χ2n) is 27.2. The van der Waals surface area contributed by atoms with Crippen LogP contribution >= 0.6 is 0 Å². The van der Waals surface area contributed by atoms with Crippen molar-refractivity contribution in [3.05, 3.63) is 0 Å². The summed E-state index contributed by atoms with van der Waals surface area (Å²) < 4.78 is 0.